The topological polar surface area (TPSA) is 94.0 Å². The second kappa shape index (κ2) is 6.08. The summed E-state index contributed by atoms with van der Waals surface area (Å²) in [5.41, 5.74) is 5.86. The molecule has 1 aromatic heterocycles. The maximum absolute atomic E-state index is 10.6. The fourth-order valence-electron chi connectivity index (χ4n) is 2.37. The molecule has 0 unspecified atom stereocenters. The summed E-state index contributed by atoms with van der Waals surface area (Å²) in [6.45, 7) is 0. The lowest BCUT2D eigenvalue weighted by molar-refractivity contribution is -0.133. The van der Waals surface area contributed by atoms with E-state index in [0.29, 0.717) is 17.1 Å². The molecule has 1 aliphatic rings. The van der Waals surface area contributed by atoms with Gasteiger partial charge in [0.2, 0.25) is 5.95 Å². The molecule has 0 aromatic carbocycles. The fourth-order valence-corrected chi connectivity index (χ4v) is 3.11. The lowest BCUT2D eigenvalue weighted by atomic mass is 10.1. The van der Waals surface area contributed by atoms with Crippen molar-refractivity contribution in [2.45, 2.75) is 49.7 Å². The van der Waals surface area contributed by atoms with Crippen LogP contribution >= 0.6 is 11.8 Å². The van der Waals surface area contributed by atoms with Gasteiger partial charge in [0, 0.05) is 6.04 Å². The number of carboxylic acids is 1. The van der Waals surface area contributed by atoms with E-state index in [4.69, 9.17) is 10.8 Å². The van der Waals surface area contributed by atoms with Crippen molar-refractivity contribution in [3.63, 3.8) is 0 Å². The molecule has 6 nitrogen and oxygen atoms in total. The van der Waals surface area contributed by atoms with Crippen molar-refractivity contribution in [2.24, 2.45) is 0 Å². The van der Waals surface area contributed by atoms with Crippen LogP contribution < -0.4 is 5.73 Å². The molecule has 2 rings (SSSR count). The Morgan fingerprint density at radius 2 is 2.00 bits per heavy atom. The van der Waals surface area contributed by atoms with Gasteiger partial charge >= 0.3 is 5.97 Å². The molecule has 3 N–H and O–H groups in total. The van der Waals surface area contributed by atoms with Gasteiger partial charge < -0.3 is 10.8 Å². The van der Waals surface area contributed by atoms with Gasteiger partial charge in [0.25, 0.3) is 0 Å². The van der Waals surface area contributed by atoms with Crippen LogP contribution in [0, 0.1) is 0 Å². The van der Waals surface area contributed by atoms with E-state index in [9.17, 15) is 4.79 Å². The van der Waals surface area contributed by atoms with Crippen molar-refractivity contribution < 1.29 is 9.90 Å². The highest BCUT2D eigenvalue weighted by Crippen LogP contribution is 2.32. The van der Waals surface area contributed by atoms with Gasteiger partial charge in [0.05, 0.1) is 5.75 Å². The SMILES string of the molecule is Nc1nnc(SCC(=O)O)n1C1CCCCCC1. The number of carboxylic acid groups (broad SMARTS) is 1. The lowest BCUT2D eigenvalue weighted by Crippen LogP contribution is -2.13. The van der Waals surface area contributed by atoms with E-state index in [-0.39, 0.29) is 5.75 Å². The predicted octanol–water partition coefficient (Wildman–Crippen LogP) is 1.93. The normalized spacial score (nSPS) is 17.6. The summed E-state index contributed by atoms with van der Waals surface area (Å²) in [5.74, 6) is -0.464. The highest BCUT2D eigenvalue weighted by molar-refractivity contribution is 7.99. The molecule has 1 saturated carbocycles. The average molecular weight is 270 g/mol. The number of nitrogens with two attached hydrogens (primary N) is 1. The number of hydrogen-bond acceptors (Lipinski definition) is 5. The molecule has 0 spiro atoms. The number of thioether (sulfide) groups is 1. The van der Waals surface area contributed by atoms with Crippen molar-refractivity contribution >= 4 is 23.7 Å². The van der Waals surface area contributed by atoms with Crippen molar-refractivity contribution in [3.05, 3.63) is 0 Å². The second-order valence-electron chi connectivity index (χ2n) is 4.54. The number of nitrogen functional groups attached to an aromatic ring is 1. The lowest BCUT2D eigenvalue weighted by Gasteiger charge is -2.18. The van der Waals surface area contributed by atoms with Crippen molar-refractivity contribution in [1.82, 2.24) is 14.8 Å². The highest BCUT2D eigenvalue weighted by atomic mass is 32.2. The van der Waals surface area contributed by atoms with Crippen LogP contribution in [0.25, 0.3) is 0 Å². The zero-order chi connectivity index (χ0) is 13.0. The van der Waals surface area contributed by atoms with Gasteiger partial charge in [-0.25, -0.2) is 0 Å². The number of rotatable bonds is 4. The van der Waals surface area contributed by atoms with Crippen molar-refractivity contribution in [3.8, 4) is 0 Å². The van der Waals surface area contributed by atoms with Gasteiger partial charge in [0.15, 0.2) is 5.16 Å². The molecule has 0 aliphatic heterocycles. The first-order valence-electron chi connectivity index (χ1n) is 6.23. The molecule has 1 fully saturated rings. The molecule has 0 atom stereocenters. The molecule has 0 bridgehead atoms. The van der Waals surface area contributed by atoms with E-state index in [2.05, 4.69) is 10.2 Å². The molecular weight excluding hydrogens is 252 g/mol. The van der Waals surface area contributed by atoms with Gasteiger partial charge in [-0.05, 0) is 12.8 Å². The van der Waals surface area contributed by atoms with Gasteiger partial charge in [-0.1, -0.05) is 37.4 Å². The number of aromatic nitrogens is 3. The zero-order valence-corrected chi connectivity index (χ0v) is 11.0. The molecular formula is C11H18N4O2S. The third kappa shape index (κ3) is 3.16. The summed E-state index contributed by atoms with van der Waals surface area (Å²) in [6.07, 6.45) is 7.04. The molecule has 1 heterocycles. The summed E-state index contributed by atoms with van der Waals surface area (Å²) in [6, 6.07) is 0.318. The quantitative estimate of drug-likeness (QED) is 0.641. The Hall–Kier alpha value is -1.24. The van der Waals surface area contributed by atoms with Crippen LogP contribution in [0.4, 0.5) is 5.95 Å². The molecule has 1 aliphatic carbocycles. The Balaban J connectivity index is 2.13. The van der Waals surface area contributed by atoms with Crippen LogP contribution in [0.2, 0.25) is 0 Å². The molecule has 18 heavy (non-hydrogen) atoms. The van der Waals surface area contributed by atoms with Crippen LogP contribution in [0.15, 0.2) is 5.16 Å². The van der Waals surface area contributed by atoms with Gasteiger partial charge in [-0.3, -0.25) is 9.36 Å². The third-order valence-corrected chi connectivity index (χ3v) is 4.13. The monoisotopic (exact) mass is 270 g/mol. The van der Waals surface area contributed by atoms with Crippen LogP contribution in [-0.4, -0.2) is 31.6 Å². The van der Waals surface area contributed by atoms with Crippen LogP contribution in [0.5, 0.6) is 0 Å². The van der Waals surface area contributed by atoms with E-state index >= 15 is 0 Å². The highest BCUT2D eigenvalue weighted by Gasteiger charge is 2.21. The minimum Gasteiger partial charge on any atom is -0.481 e. The first-order valence-corrected chi connectivity index (χ1v) is 7.22. The standard InChI is InChI=1S/C11H18N4O2S/c12-10-13-14-11(18-7-9(16)17)15(10)8-5-3-1-2-4-6-8/h8H,1-7H2,(H2,12,13)(H,16,17). The van der Waals surface area contributed by atoms with Crippen LogP contribution in [0.3, 0.4) is 0 Å². The zero-order valence-electron chi connectivity index (χ0n) is 10.2. The van der Waals surface area contributed by atoms with Gasteiger partial charge in [0.1, 0.15) is 0 Å². The Morgan fingerprint density at radius 3 is 2.61 bits per heavy atom. The number of anilines is 1. The maximum Gasteiger partial charge on any atom is 0.313 e. The van der Waals surface area contributed by atoms with Crippen molar-refractivity contribution in [1.29, 1.82) is 0 Å². The molecule has 0 radical (unpaired) electrons. The first-order chi connectivity index (χ1) is 8.68. The summed E-state index contributed by atoms with van der Waals surface area (Å²) in [7, 11) is 0. The minimum atomic E-state index is -0.853. The third-order valence-electron chi connectivity index (χ3n) is 3.21. The smallest absolute Gasteiger partial charge is 0.313 e. The maximum atomic E-state index is 10.6. The molecule has 0 saturated heterocycles. The van der Waals surface area contributed by atoms with Gasteiger partial charge in [-0.15, -0.1) is 10.2 Å². The van der Waals surface area contributed by atoms with Gasteiger partial charge in [-0.2, -0.15) is 0 Å². The summed E-state index contributed by atoms with van der Waals surface area (Å²) < 4.78 is 1.92. The van der Waals surface area contributed by atoms with E-state index in [0.717, 1.165) is 12.8 Å². The summed E-state index contributed by atoms with van der Waals surface area (Å²) in [5, 5.41) is 17.2. The minimum absolute atomic E-state index is 0.00907. The second-order valence-corrected chi connectivity index (χ2v) is 5.48. The van der Waals surface area contributed by atoms with E-state index in [1.165, 1.54) is 37.4 Å². The van der Waals surface area contributed by atoms with Crippen LogP contribution in [-0.2, 0) is 4.79 Å². The Morgan fingerprint density at radius 1 is 1.33 bits per heavy atom. The number of aliphatic carboxylic acids is 1. The Bertz CT molecular complexity index is 413. The number of hydrogen-bond donors (Lipinski definition) is 2. The fraction of sp³-hybridized carbons (Fsp3) is 0.727. The average Bonchev–Trinajstić information content (AvgIpc) is 2.55. The van der Waals surface area contributed by atoms with E-state index < -0.39 is 5.97 Å². The predicted molar refractivity (Wildman–Crippen MR) is 69.5 cm³/mol. The summed E-state index contributed by atoms with van der Waals surface area (Å²) in [4.78, 5) is 10.6. The Kier molecular flexibility index (Phi) is 4.46. The molecule has 7 heteroatoms. The van der Waals surface area contributed by atoms with E-state index in [1.54, 1.807) is 0 Å². The largest absolute Gasteiger partial charge is 0.481 e. The summed E-state index contributed by atoms with van der Waals surface area (Å²) >= 11 is 1.19. The molecule has 1 aromatic rings. The van der Waals surface area contributed by atoms with E-state index in [1.807, 2.05) is 4.57 Å². The molecule has 0 amide bonds. The first kappa shape index (κ1) is 13.2. The number of nitrogens with zero attached hydrogens (tertiary/aromatic N) is 3. The number of carbonyl (C=O) groups is 1. The van der Waals surface area contributed by atoms with Crippen molar-refractivity contribution in [2.75, 3.05) is 11.5 Å². The Labute approximate surface area is 110 Å². The van der Waals surface area contributed by atoms with Crippen LogP contribution in [0.1, 0.15) is 44.6 Å². The molecule has 100 valence electrons.